The van der Waals surface area contributed by atoms with Crippen molar-refractivity contribution >= 4 is 11.4 Å². The van der Waals surface area contributed by atoms with Crippen molar-refractivity contribution in [1.29, 1.82) is 0 Å². The third kappa shape index (κ3) is 3.39. The Kier molecular flexibility index (Phi) is 4.48. The summed E-state index contributed by atoms with van der Waals surface area (Å²) in [4.78, 5) is 0. The fraction of sp³-hybridized carbons (Fsp3) is 0.600. The molecule has 1 fully saturated rings. The molecule has 0 spiro atoms. The molecule has 0 heterocycles. The largest absolute Gasteiger partial charge is 0.399 e. The minimum atomic E-state index is -0.883. The third-order valence-electron chi connectivity index (χ3n) is 4.27. The van der Waals surface area contributed by atoms with Crippen LogP contribution in [0.1, 0.15) is 39.0 Å². The van der Waals surface area contributed by atoms with Crippen molar-refractivity contribution in [3.8, 4) is 0 Å². The van der Waals surface area contributed by atoms with Gasteiger partial charge in [0.05, 0.1) is 5.60 Å². The SMILES string of the molecule is CCC1CCC(O)(CNc2c(F)cc(N)cc2F)CC1. The highest BCUT2D eigenvalue weighted by Crippen LogP contribution is 2.34. The molecule has 1 aliphatic carbocycles. The summed E-state index contributed by atoms with van der Waals surface area (Å²) in [5.41, 5.74) is 4.32. The lowest BCUT2D eigenvalue weighted by atomic mass is 9.78. The highest BCUT2D eigenvalue weighted by molar-refractivity contribution is 5.54. The quantitative estimate of drug-likeness (QED) is 0.744. The Hall–Kier alpha value is -1.36. The zero-order valence-electron chi connectivity index (χ0n) is 11.8. The number of aliphatic hydroxyl groups is 1. The number of benzene rings is 1. The second-order valence-corrected chi connectivity index (χ2v) is 5.79. The van der Waals surface area contributed by atoms with Gasteiger partial charge < -0.3 is 16.2 Å². The van der Waals surface area contributed by atoms with Crippen LogP contribution in [-0.2, 0) is 0 Å². The molecule has 0 atom stereocenters. The molecule has 0 saturated heterocycles. The molecule has 0 radical (unpaired) electrons. The van der Waals surface area contributed by atoms with E-state index in [9.17, 15) is 13.9 Å². The number of halogens is 2. The first-order valence-electron chi connectivity index (χ1n) is 7.14. The van der Waals surface area contributed by atoms with Crippen molar-refractivity contribution in [2.75, 3.05) is 17.6 Å². The van der Waals surface area contributed by atoms with Crippen molar-refractivity contribution in [3.05, 3.63) is 23.8 Å². The van der Waals surface area contributed by atoms with Crippen LogP contribution in [-0.4, -0.2) is 17.3 Å². The molecular formula is C15H22F2N2O. The standard InChI is InChI=1S/C15H22F2N2O/c1-2-10-3-5-15(20,6-4-10)9-19-14-12(16)7-11(18)8-13(14)17/h7-8,10,19-20H,2-6,9,18H2,1H3. The number of anilines is 2. The van der Waals surface area contributed by atoms with Crippen molar-refractivity contribution < 1.29 is 13.9 Å². The summed E-state index contributed by atoms with van der Waals surface area (Å²) in [7, 11) is 0. The van der Waals surface area contributed by atoms with Gasteiger partial charge in [-0.2, -0.15) is 0 Å². The molecule has 4 N–H and O–H groups in total. The first-order valence-corrected chi connectivity index (χ1v) is 7.14. The molecule has 0 aromatic heterocycles. The fourth-order valence-electron chi connectivity index (χ4n) is 2.81. The molecule has 1 saturated carbocycles. The minimum absolute atomic E-state index is 0.0488. The lowest BCUT2D eigenvalue weighted by molar-refractivity contribution is 0.00221. The molecule has 1 aliphatic rings. The number of rotatable bonds is 4. The van der Waals surface area contributed by atoms with Gasteiger partial charge in [0.15, 0.2) is 11.6 Å². The fourth-order valence-corrected chi connectivity index (χ4v) is 2.81. The first-order chi connectivity index (χ1) is 9.43. The lowest BCUT2D eigenvalue weighted by Crippen LogP contribution is -2.40. The molecule has 2 rings (SSSR count). The molecule has 20 heavy (non-hydrogen) atoms. The van der Waals surface area contributed by atoms with E-state index < -0.39 is 17.2 Å². The van der Waals surface area contributed by atoms with Gasteiger partial charge in [-0.25, -0.2) is 8.78 Å². The van der Waals surface area contributed by atoms with Gasteiger partial charge in [-0.15, -0.1) is 0 Å². The summed E-state index contributed by atoms with van der Waals surface area (Å²) in [5.74, 6) is -0.804. The van der Waals surface area contributed by atoms with Crippen LogP contribution in [0.2, 0.25) is 0 Å². The Morgan fingerprint density at radius 2 is 1.85 bits per heavy atom. The monoisotopic (exact) mass is 284 g/mol. The van der Waals surface area contributed by atoms with Gasteiger partial charge >= 0.3 is 0 Å². The van der Waals surface area contributed by atoms with E-state index in [1.807, 2.05) is 0 Å². The minimum Gasteiger partial charge on any atom is -0.399 e. The number of hydrogen-bond acceptors (Lipinski definition) is 3. The van der Waals surface area contributed by atoms with Crippen LogP contribution < -0.4 is 11.1 Å². The summed E-state index contributed by atoms with van der Waals surface area (Å²) in [6.45, 7) is 2.30. The Bertz CT molecular complexity index is 448. The van der Waals surface area contributed by atoms with Gasteiger partial charge in [0.1, 0.15) is 5.69 Å². The zero-order chi connectivity index (χ0) is 14.8. The smallest absolute Gasteiger partial charge is 0.151 e. The summed E-state index contributed by atoms with van der Waals surface area (Å²) in [5, 5.41) is 13.1. The molecule has 0 amide bonds. The predicted molar refractivity (Wildman–Crippen MR) is 76.5 cm³/mol. The van der Waals surface area contributed by atoms with Crippen molar-refractivity contribution in [2.24, 2.45) is 5.92 Å². The number of nitrogen functional groups attached to an aromatic ring is 1. The number of nitrogens with two attached hydrogens (primary N) is 1. The third-order valence-corrected chi connectivity index (χ3v) is 4.27. The van der Waals surface area contributed by atoms with E-state index in [0.717, 1.165) is 31.4 Å². The molecule has 1 aromatic rings. The predicted octanol–water partition coefficient (Wildman–Crippen LogP) is 3.29. The van der Waals surface area contributed by atoms with Crippen LogP contribution in [0.25, 0.3) is 0 Å². The van der Waals surface area contributed by atoms with E-state index in [2.05, 4.69) is 12.2 Å². The molecule has 0 bridgehead atoms. The molecule has 0 unspecified atom stereocenters. The van der Waals surface area contributed by atoms with E-state index >= 15 is 0 Å². The first kappa shape index (κ1) is 15.0. The van der Waals surface area contributed by atoms with Crippen LogP contribution in [0.5, 0.6) is 0 Å². The average molecular weight is 284 g/mol. The van der Waals surface area contributed by atoms with Crippen molar-refractivity contribution in [3.63, 3.8) is 0 Å². The van der Waals surface area contributed by atoms with Crippen LogP contribution in [0.4, 0.5) is 20.2 Å². The summed E-state index contributed by atoms with van der Waals surface area (Å²) in [6, 6.07) is 2.15. The Labute approximate surface area is 118 Å². The van der Waals surface area contributed by atoms with Gasteiger partial charge in [0, 0.05) is 12.2 Å². The second-order valence-electron chi connectivity index (χ2n) is 5.79. The van der Waals surface area contributed by atoms with Gasteiger partial charge in [-0.05, 0) is 43.7 Å². The molecule has 3 nitrogen and oxygen atoms in total. The Balaban J connectivity index is 1.99. The summed E-state index contributed by atoms with van der Waals surface area (Å²) < 4.78 is 27.3. The van der Waals surface area contributed by atoms with Crippen LogP contribution in [0, 0.1) is 17.6 Å². The van der Waals surface area contributed by atoms with E-state index in [0.29, 0.717) is 18.8 Å². The molecule has 0 aliphatic heterocycles. The van der Waals surface area contributed by atoms with Gasteiger partial charge in [0.2, 0.25) is 0 Å². The summed E-state index contributed by atoms with van der Waals surface area (Å²) in [6.07, 6.45) is 4.36. The average Bonchev–Trinajstić information content (AvgIpc) is 2.38. The van der Waals surface area contributed by atoms with E-state index in [-0.39, 0.29) is 17.9 Å². The van der Waals surface area contributed by atoms with Gasteiger partial charge in [-0.3, -0.25) is 0 Å². The van der Waals surface area contributed by atoms with Crippen molar-refractivity contribution in [2.45, 2.75) is 44.6 Å². The summed E-state index contributed by atoms with van der Waals surface area (Å²) >= 11 is 0. The second kappa shape index (κ2) is 5.95. The van der Waals surface area contributed by atoms with Gasteiger partial charge in [0.25, 0.3) is 0 Å². The maximum Gasteiger partial charge on any atom is 0.151 e. The Morgan fingerprint density at radius 1 is 1.30 bits per heavy atom. The van der Waals surface area contributed by atoms with E-state index in [4.69, 9.17) is 5.73 Å². The lowest BCUT2D eigenvalue weighted by Gasteiger charge is -2.36. The highest BCUT2D eigenvalue weighted by Gasteiger charge is 2.32. The van der Waals surface area contributed by atoms with Crippen molar-refractivity contribution in [1.82, 2.24) is 0 Å². The van der Waals surface area contributed by atoms with E-state index in [1.165, 1.54) is 0 Å². The van der Waals surface area contributed by atoms with Crippen LogP contribution in [0.15, 0.2) is 12.1 Å². The normalized spacial score (nSPS) is 26.5. The maximum atomic E-state index is 13.6. The van der Waals surface area contributed by atoms with Crippen LogP contribution >= 0.6 is 0 Å². The van der Waals surface area contributed by atoms with Crippen LogP contribution in [0.3, 0.4) is 0 Å². The molecule has 112 valence electrons. The molecule has 5 heteroatoms. The maximum absolute atomic E-state index is 13.6. The molecule has 1 aromatic carbocycles. The highest BCUT2D eigenvalue weighted by atomic mass is 19.1. The zero-order valence-corrected chi connectivity index (χ0v) is 11.8. The number of hydrogen-bond donors (Lipinski definition) is 3. The van der Waals surface area contributed by atoms with Gasteiger partial charge in [-0.1, -0.05) is 13.3 Å². The topological polar surface area (TPSA) is 58.3 Å². The number of nitrogens with one attached hydrogen (secondary N) is 1. The molecular weight excluding hydrogens is 262 g/mol. The van der Waals surface area contributed by atoms with E-state index in [1.54, 1.807) is 0 Å². The Morgan fingerprint density at radius 3 is 2.35 bits per heavy atom.